The van der Waals surface area contributed by atoms with Crippen LogP contribution in [-0.2, 0) is 6.54 Å². The predicted molar refractivity (Wildman–Crippen MR) is 76.7 cm³/mol. The number of benzene rings is 1. The van der Waals surface area contributed by atoms with Gasteiger partial charge >= 0.3 is 0 Å². The second-order valence-electron chi connectivity index (χ2n) is 4.53. The molecular formula is C15H19NOS. The van der Waals surface area contributed by atoms with Crippen LogP contribution in [-0.4, -0.2) is 23.6 Å². The van der Waals surface area contributed by atoms with E-state index < -0.39 is 0 Å². The molecule has 1 N–H and O–H groups in total. The van der Waals surface area contributed by atoms with Gasteiger partial charge in [-0.25, -0.2) is 0 Å². The zero-order valence-electron chi connectivity index (χ0n) is 10.6. The van der Waals surface area contributed by atoms with Gasteiger partial charge in [0, 0.05) is 18.0 Å². The first kappa shape index (κ1) is 13.3. The van der Waals surface area contributed by atoms with Gasteiger partial charge in [0.15, 0.2) is 0 Å². The standard InChI is InChI=1S/C15H19NOS/c1-16(12-14-8-5-11-18-14)10-9-15(17)13-6-3-2-4-7-13/h2-8,11,15,17H,9-10,12H2,1H3. The molecule has 0 saturated heterocycles. The average Bonchev–Trinajstić information content (AvgIpc) is 2.90. The molecule has 0 aliphatic carbocycles. The summed E-state index contributed by atoms with van der Waals surface area (Å²) in [5, 5.41) is 12.2. The zero-order valence-corrected chi connectivity index (χ0v) is 11.4. The normalized spacial score (nSPS) is 12.8. The maximum absolute atomic E-state index is 10.1. The van der Waals surface area contributed by atoms with Crippen LogP contribution in [0.3, 0.4) is 0 Å². The summed E-state index contributed by atoms with van der Waals surface area (Å²) in [7, 11) is 2.09. The minimum absolute atomic E-state index is 0.364. The lowest BCUT2D eigenvalue weighted by Crippen LogP contribution is -2.20. The third kappa shape index (κ3) is 3.95. The van der Waals surface area contributed by atoms with E-state index in [1.807, 2.05) is 30.3 Å². The molecule has 0 radical (unpaired) electrons. The van der Waals surface area contributed by atoms with Gasteiger partial charge in [0.25, 0.3) is 0 Å². The third-order valence-electron chi connectivity index (χ3n) is 2.97. The third-order valence-corrected chi connectivity index (χ3v) is 3.84. The molecule has 1 aromatic carbocycles. The lowest BCUT2D eigenvalue weighted by Gasteiger charge is -2.18. The van der Waals surface area contributed by atoms with Gasteiger partial charge in [-0.15, -0.1) is 11.3 Å². The van der Waals surface area contributed by atoms with Crippen LogP contribution >= 0.6 is 11.3 Å². The monoisotopic (exact) mass is 261 g/mol. The van der Waals surface area contributed by atoms with Crippen molar-refractivity contribution in [3.05, 3.63) is 58.3 Å². The number of aliphatic hydroxyl groups is 1. The van der Waals surface area contributed by atoms with Gasteiger partial charge in [-0.2, -0.15) is 0 Å². The average molecular weight is 261 g/mol. The van der Waals surface area contributed by atoms with Gasteiger partial charge < -0.3 is 10.0 Å². The van der Waals surface area contributed by atoms with Gasteiger partial charge in [-0.3, -0.25) is 0 Å². The molecule has 0 fully saturated rings. The Kier molecular flexibility index (Phi) is 4.93. The van der Waals surface area contributed by atoms with E-state index in [1.165, 1.54) is 4.88 Å². The van der Waals surface area contributed by atoms with E-state index in [2.05, 4.69) is 29.5 Å². The molecule has 2 rings (SSSR count). The molecule has 2 aromatic rings. The topological polar surface area (TPSA) is 23.5 Å². The van der Waals surface area contributed by atoms with Crippen LogP contribution in [0, 0.1) is 0 Å². The largest absolute Gasteiger partial charge is 0.388 e. The minimum atomic E-state index is -0.364. The van der Waals surface area contributed by atoms with Crippen LogP contribution < -0.4 is 0 Å². The van der Waals surface area contributed by atoms with Crippen LogP contribution in [0.2, 0.25) is 0 Å². The molecule has 0 spiro atoms. The van der Waals surface area contributed by atoms with Crippen molar-refractivity contribution in [1.29, 1.82) is 0 Å². The van der Waals surface area contributed by atoms with E-state index in [9.17, 15) is 5.11 Å². The van der Waals surface area contributed by atoms with Gasteiger partial charge in [0.1, 0.15) is 0 Å². The van der Waals surface area contributed by atoms with Crippen LogP contribution in [0.1, 0.15) is 23.0 Å². The molecule has 1 aromatic heterocycles. The van der Waals surface area contributed by atoms with Crippen molar-refractivity contribution in [2.24, 2.45) is 0 Å². The fraction of sp³-hybridized carbons (Fsp3) is 0.333. The van der Waals surface area contributed by atoms with E-state index >= 15 is 0 Å². The summed E-state index contributed by atoms with van der Waals surface area (Å²) in [5.41, 5.74) is 1.00. The fourth-order valence-corrected chi connectivity index (χ4v) is 2.72. The molecule has 1 heterocycles. The minimum Gasteiger partial charge on any atom is -0.388 e. The highest BCUT2D eigenvalue weighted by molar-refractivity contribution is 7.09. The van der Waals surface area contributed by atoms with E-state index in [0.717, 1.165) is 25.1 Å². The van der Waals surface area contributed by atoms with E-state index in [4.69, 9.17) is 0 Å². The first-order valence-electron chi connectivity index (χ1n) is 6.19. The summed E-state index contributed by atoms with van der Waals surface area (Å²) in [6.45, 7) is 1.85. The SMILES string of the molecule is CN(CCC(O)c1ccccc1)Cc1cccs1. The molecule has 96 valence electrons. The number of aliphatic hydroxyl groups excluding tert-OH is 1. The van der Waals surface area contributed by atoms with Gasteiger partial charge in [0.05, 0.1) is 6.10 Å². The Morgan fingerprint density at radius 2 is 1.94 bits per heavy atom. The smallest absolute Gasteiger partial charge is 0.0802 e. The summed E-state index contributed by atoms with van der Waals surface area (Å²) < 4.78 is 0. The Morgan fingerprint density at radius 1 is 1.17 bits per heavy atom. The van der Waals surface area contributed by atoms with Crippen molar-refractivity contribution in [3.63, 3.8) is 0 Å². The molecule has 18 heavy (non-hydrogen) atoms. The maximum Gasteiger partial charge on any atom is 0.0802 e. The van der Waals surface area contributed by atoms with Gasteiger partial charge in [0.2, 0.25) is 0 Å². The van der Waals surface area contributed by atoms with Crippen molar-refractivity contribution >= 4 is 11.3 Å². The maximum atomic E-state index is 10.1. The van der Waals surface area contributed by atoms with Crippen molar-refractivity contribution < 1.29 is 5.11 Å². The van der Waals surface area contributed by atoms with Crippen molar-refractivity contribution in [1.82, 2.24) is 4.90 Å². The quantitative estimate of drug-likeness (QED) is 0.862. The molecule has 0 bridgehead atoms. The summed E-state index contributed by atoms with van der Waals surface area (Å²) >= 11 is 1.78. The molecule has 2 nitrogen and oxygen atoms in total. The van der Waals surface area contributed by atoms with E-state index in [1.54, 1.807) is 11.3 Å². The van der Waals surface area contributed by atoms with Crippen molar-refractivity contribution in [2.45, 2.75) is 19.1 Å². The van der Waals surface area contributed by atoms with Gasteiger partial charge in [-0.1, -0.05) is 36.4 Å². The summed E-state index contributed by atoms with van der Waals surface area (Å²) in [6, 6.07) is 14.1. The van der Waals surface area contributed by atoms with Crippen molar-refractivity contribution in [2.75, 3.05) is 13.6 Å². The van der Waals surface area contributed by atoms with E-state index in [0.29, 0.717) is 0 Å². The predicted octanol–water partition coefficient (Wildman–Crippen LogP) is 3.30. The van der Waals surface area contributed by atoms with Crippen molar-refractivity contribution in [3.8, 4) is 0 Å². The number of nitrogens with zero attached hydrogens (tertiary/aromatic N) is 1. The first-order chi connectivity index (χ1) is 8.75. The number of hydrogen-bond donors (Lipinski definition) is 1. The molecule has 1 unspecified atom stereocenters. The highest BCUT2D eigenvalue weighted by Gasteiger charge is 2.08. The summed E-state index contributed by atoms with van der Waals surface area (Å²) in [6.07, 6.45) is 0.406. The highest BCUT2D eigenvalue weighted by Crippen LogP contribution is 2.17. The Bertz CT molecular complexity index is 441. The Labute approximate surface area is 113 Å². The molecule has 0 aliphatic rings. The molecular weight excluding hydrogens is 242 g/mol. The molecule has 1 atom stereocenters. The number of thiophene rings is 1. The highest BCUT2D eigenvalue weighted by atomic mass is 32.1. The molecule has 0 aliphatic heterocycles. The summed E-state index contributed by atoms with van der Waals surface area (Å²) in [5.74, 6) is 0. The zero-order chi connectivity index (χ0) is 12.8. The number of rotatable bonds is 6. The van der Waals surface area contributed by atoms with Crippen LogP contribution in [0.4, 0.5) is 0 Å². The summed E-state index contributed by atoms with van der Waals surface area (Å²) in [4.78, 5) is 3.62. The van der Waals surface area contributed by atoms with Crippen LogP contribution in [0.25, 0.3) is 0 Å². The van der Waals surface area contributed by atoms with Crippen LogP contribution in [0.15, 0.2) is 47.8 Å². The van der Waals surface area contributed by atoms with Gasteiger partial charge in [-0.05, 0) is 30.5 Å². The Morgan fingerprint density at radius 3 is 2.61 bits per heavy atom. The second kappa shape index (κ2) is 6.69. The lowest BCUT2D eigenvalue weighted by molar-refractivity contribution is 0.148. The second-order valence-corrected chi connectivity index (χ2v) is 5.56. The Balaban J connectivity index is 1.77. The molecule has 0 amide bonds. The lowest BCUT2D eigenvalue weighted by atomic mass is 10.1. The molecule has 0 saturated carbocycles. The Hall–Kier alpha value is -1.16. The van der Waals surface area contributed by atoms with E-state index in [-0.39, 0.29) is 6.10 Å². The molecule has 3 heteroatoms. The van der Waals surface area contributed by atoms with Crippen LogP contribution in [0.5, 0.6) is 0 Å². The number of hydrogen-bond acceptors (Lipinski definition) is 3. The fourth-order valence-electron chi connectivity index (χ4n) is 1.93. The first-order valence-corrected chi connectivity index (χ1v) is 7.07.